The Hall–Kier alpha value is -1.59. The highest BCUT2D eigenvalue weighted by Crippen LogP contribution is 2.12. The largest absolute Gasteiger partial charge is 0.464 e. The van der Waals surface area contributed by atoms with E-state index in [9.17, 15) is 0 Å². The Morgan fingerprint density at radius 1 is 1.00 bits per heavy atom. The molecule has 1 N–H and O–H groups in total. The Bertz CT molecular complexity index is 268. The molecule has 0 amide bonds. The van der Waals surface area contributed by atoms with Gasteiger partial charge >= 0.3 is 12.0 Å². The van der Waals surface area contributed by atoms with Gasteiger partial charge in [0.15, 0.2) is 0 Å². The van der Waals surface area contributed by atoms with Gasteiger partial charge in [0.05, 0.1) is 13.2 Å². The van der Waals surface area contributed by atoms with E-state index in [0.717, 1.165) is 0 Å². The summed E-state index contributed by atoms with van der Waals surface area (Å²) in [5.41, 5.74) is 0. The third-order valence-electron chi connectivity index (χ3n) is 1.36. The number of anilines is 1. The topological polar surface area (TPSA) is 69.2 Å². The van der Waals surface area contributed by atoms with Gasteiger partial charge in [-0.3, -0.25) is 0 Å². The van der Waals surface area contributed by atoms with Crippen molar-refractivity contribution in [2.75, 3.05) is 25.6 Å². The number of hydrogen-bond donors (Lipinski definition) is 1. The van der Waals surface area contributed by atoms with Gasteiger partial charge in [0.25, 0.3) is 0 Å². The molecule has 1 rings (SSSR count). The molecule has 0 aromatic carbocycles. The second-order valence-electron chi connectivity index (χ2n) is 2.34. The van der Waals surface area contributed by atoms with Crippen LogP contribution in [-0.2, 0) is 0 Å². The van der Waals surface area contributed by atoms with E-state index in [1.165, 1.54) is 0 Å². The molecule has 0 saturated carbocycles. The van der Waals surface area contributed by atoms with E-state index in [-0.39, 0.29) is 12.0 Å². The van der Waals surface area contributed by atoms with E-state index in [1.54, 1.807) is 7.05 Å². The number of aromatic nitrogens is 3. The van der Waals surface area contributed by atoms with Gasteiger partial charge in [0.1, 0.15) is 0 Å². The molecule has 6 nitrogen and oxygen atoms in total. The van der Waals surface area contributed by atoms with Crippen molar-refractivity contribution in [3.05, 3.63) is 0 Å². The standard InChI is InChI=1S/C8H14N4O2/c1-4-13-7-10-6(9-3)11-8(12-7)14-5-2/h4-5H2,1-3H3,(H,9,10,11,12). The highest BCUT2D eigenvalue weighted by atomic mass is 16.5. The maximum absolute atomic E-state index is 5.15. The van der Waals surface area contributed by atoms with E-state index in [0.29, 0.717) is 19.2 Å². The van der Waals surface area contributed by atoms with Gasteiger partial charge in [0, 0.05) is 7.05 Å². The van der Waals surface area contributed by atoms with Crippen LogP contribution in [0.5, 0.6) is 12.0 Å². The summed E-state index contributed by atoms with van der Waals surface area (Å²) in [6.45, 7) is 4.75. The summed E-state index contributed by atoms with van der Waals surface area (Å²) in [4.78, 5) is 11.9. The molecule has 0 bridgehead atoms. The lowest BCUT2D eigenvalue weighted by Crippen LogP contribution is -2.06. The van der Waals surface area contributed by atoms with Gasteiger partial charge in [0.2, 0.25) is 5.95 Å². The smallest absolute Gasteiger partial charge is 0.324 e. The maximum Gasteiger partial charge on any atom is 0.324 e. The zero-order chi connectivity index (χ0) is 10.4. The monoisotopic (exact) mass is 198 g/mol. The summed E-state index contributed by atoms with van der Waals surface area (Å²) in [7, 11) is 1.72. The van der Waals surface area contributed by atoms with Crippen molar-refractivity contribution in [3.63, 3.8) is 0 Å². The Morgan fingerprint density at radius 3 is 1.86 bits per heavy atom. The van der Waals surface area contributed by atoms with Crippen LogP contribution in [0.3, 0.4) is 0 Å². The summed E-state index contributed by atoms with van der Waals surface area (Å²) in [6, 6.07) is 0.547. The summed E-state index contributed by atoms with van der Waals surface area (Å²) in [5, 5.41) is 2.80. The number of nitrogens with zero attached hydrogens (tertiary/aromatic N) is 3. The SMILES string of the molecule is CCOc1nc(NC)nc(OCC)n1. The van der Waals surface area contributed by atoms with Crippen LogP contribution in [0.1, 0.15) is 13.8 Å². The molecule has 0 aliphatic rings. The molecule has 0 aliphatic carbocycles. The van der Waals surface area contributed by atoms with Crippen LogP contribution < -0.4 is 14.8 Å². The fraction of sp³-hybridized carbons (Fsp3) is 0.625. The summed E-state index contributed by atoms with van der Waals surface area (Å²) >= 11 is 0. The van der Waals surface area contributed by atoms with Crippen LogP contribution in [0.2, 0.25) is 0 Å². The van der Waals surface area contributed by atoms with Crippen molar-refractivity contribution in [3.8, 4) is 12.0 Å². The molecule has 14 heavy (non-hydrogen) atoms. The second-order valence-corrected chi connectivity index (χ2v) is 2.34. The van der Waals surface area contributed by atoms with Crippen LogP contribution in [0.25, 0.3) is 0 Å². The van der Waals surface area contributed by atoms with E-state index >= 15 is 0 Å². The van der Waals surface area contributed by atoms with Crippen LogP contribution in [0, 0.1) is 0 Å². The van der Waals surface area contributed by atoms with E-state index in [1.807, 2.05) is 13.8 Å². The number of nitrogens with one attached hydrogen (secondary N) is 1. The van der Waals surface area contributed by atoms with Gasteiger partial charge in [-0.25, -0.2) is 0 Å². The molecule has 0 fully saturated rings. The van der Waals surface area contributed by atoms with Gasteiger partial charge in [-0.15, -0.1) is 4.98 Å². The third-order valence-corrected chi connectivity index (χ3v) is 1.36. The Morgan fingerprint density at radius 2 is 1.50 bits per heavy atom. The van der Waals surface area contributed by atoms with Crippen molar-refractivity contribution < 1.29 is 9.47 Å². The Balaban J connectivity index is 2.88. The van der Waals surface area contributed by atoms with Gasteiger partial charge < -0.3 is 14.8 Å². The predicted octanol–water partition coefficient (Wildman–Crippen LogP) is 0.711. The highest BCUT2D eigenvalue weighted by molar-refractivity contribution is 5.26. The molecular weight excluding hydrogens is 184 g/mol. The molecular formula is C8H14N4O2. The lowest BCUT2D eigenvalue weighted by Gasteiger charge is -2.06. The Labute approximate surface area is 82.7 Å². The van der Waals surface area contributed by atoms with E-state index in [4.69, 9.17) is 9.47 Å². The van der Waals surface area contributed by atoms with Crippen molar-refractivity contribution in [1.29, 1.82) is 0 Å². The number of ether oxygens (including phenoxy) is 2. The summed E-state index contributed by atoms with van der Waals surface area (Å²) < 4.78 is 10.3. The highest BCUT2D eigenvalue weighted by Gasteiger charge is 2.05. The molecule has 0 atom stereocenters. The summed E-state index contributed by atoms with van der Waals surface area (Å²) in [5.74, 6) is 0.437. The van der Waals surface area contributed by atoms with Crippen molar-refractivity contribution in [1.82, 2.24) is 15.0 Å². The molecule has 1 aromatic heterocycles. The van der Waals surface area contributed by atoms with Gasteiger partial charge in [-0.05, 0) is 13.8 Å². The molecule has 0 radical (unpaired) electrons. The molecule has 0 saturated heterocycles. The predicted molar refractivity (Wildman–Crippen MR) is 51.7 cm³/mol. The molecule has 1 aromatic rings. The summed E-state index contributed by atoms with van der Waals surface area (Å²) in [6.07, 6.45) is 0. The minimum Gasteiger partial charge on any atom is -0.464 e. The van der Waals surface area contributed by atoms with Crippen molar-refractivity contribution >= 4 is 5.95 Å². The molecule has 0 spiro atoms. The second kappa shape index (κ2) is 5.21. The van der Waals surface area contributed by atoms with Crippen molar-refractivity contribution in [2.45, 2.75) is 13.8 Å². The minimum atomic E-state index is 0.273. The average Bonchev–Trinajstić information content (AvgIpc) is 2.18. The van der Waals surface area contributed by atoms with Crippen molar-refractivity contribution in [2.24, 2.45) is 0 Å². The first-order valence-electron chi connectivity index (χ1n) is 4.49. The first-order valence-corrected chi connectivity index (χ1v) is 4.49. The van der Waals surface area contributed by atoms with Crippen LogP contribution in [0.15, 0.2) is 0 Å². The van der Waals surface area contributed by atoms with Gasteiger partial charge in [-0.1, -0.05) is 0 Å². The maximum atomic E-state index is 5.15. The van der Waals surface area contributed by atoms with Gasteiger partial charge in [-0.2, -0.15) is 9.97 Å². The molecule has 6 heteroatoms. The molecule has 1 heterocycles. The minimum absolute atomic E-state index is 0.273. The normalized spacial score (nSPS) is 9.64. The van der Waals surface area contributed by atoms with Crippen LogP contribution >= 0.6 is 0 Å². The molecule has 0 aliphatic heterocycles. The fourth-order valence-electron chi connectivity index (χ4n) is 0.837. The van der Waals surface area contributed by atoms with Crippen LogP contribution in [0.4, 0.5) is 5.95 Å². The lowest BCUT2D eigenvalue weighted by atomic mass is 10.8. The van der Waals surface area contributed by atoms with E-state index in [2.05, 4.69) is 20.3 Å². The fourth-order valence-corrected chi connectivity index (χ4v) is 0.837. The lowest BCUT2D eigenvalue weighted by molar-refractivity contribution is 0.280. The Kier molecular flexibility index (Phi) is 3.90. The first kappa shape index (κ1) is 10.5. The quantitative estimate of drug-likeness (QED) is 0.751. The first-order chi connectivity index (χ1) is 6.80. The zero-order valence-corrected chi connectivity index (χ0v) is 8.57. The third kappa shape index (κ3) is 2.72. The van der Waals surface area contributed by atoms with E-state index < -0.39 is 0 Å². The molecule has 0 unspecified atom stereocenters. The number of hydrogen-bond acceptors (Lipinski definition) is 6. The molecule has 78 valence electrons. The average molecular weight is 198 g/mol. The van der Waals surface area contributed by atoms with Crippen LogP contribution in [-0.4, -0.2) is 35.2 Å². The number of rotatable bonds is 5. The zero-order valence-electron chi connectivity index (χ0n) is 8.57.